The molecule has 1 aliphatic heterocycles. The van der Waals surface area contributed by atoms with Crippen molar-refractivity contribution in [2.75, 3.05) is 18.4 Å². The number of hydrogen-bond donors (Lipinski definition) is 1. The second-order valence-electron chi connectivity index (χ2n) is 7.56. The Balaban J connectivity index is 1.48. The first kappa shape index (κ1) is 19.3. The molecule has 4 nitrogen and oxygen atoms in total. The number of rotatable bonds is 4. The van der Waals surface area contributed by atoms with E-state index in [-0.39, 0.29) is 23.7 Å². The topological polar surface area (TPSA) is 49.4 Å². The fourth-order valence-corrected chi connectivity index (χ4v) is 4.40. The number of halogens is 2. The van der Waals surface area contributed by atoms with Gasteiger partial charge in [-0.15, -0.1) is 0 Å². The van der Waals surface area contributed by atoms with Crippen molar-refractivity contribution in [2.24, 2.45) is 5.92 Å². The summed E-state index contributed by atoms with van der Waals surface area (Å²) in [6, 6.07) is 11.0. The van der Waals surface area contributed by atoms with Crippen molar-refractivity contribution in [2.45, 2.75) is 32.1 Å². The molecule has 0 bridgehead atoms. The van der Waals surface area contributed by atoms with Crippen molar-refractivity contribution in [3.63, 3.8) is 0 Å². The van der Waals surface area contributed by atoms with Crippen LogP contribution in [0.2, 0.25) is 10.0 Å². The molecule has 0 spiro atoms. The molecule has 2 aromatic rings. The number of carbonyl (C=O) groups is 2. The molecule has 1 N–H and O–H groups in total. The third-order valence-corrected chi connectivity index (χ3v) is 6.56. The summed E-state index contributed by atoms with van der Waals surface area (Å²) in [6.45, 7) is 3.50. The van der Waals surface area contributed by atoms with Gasteiger partial charge in [0, 0.05) is 30.3 Å². The highest BCUT2D eigenvalue weighted by molar-refractivity contribution is 6.42. The van der Waals surface area contributed by atoms with Crippen LogP contribution in [0.5, 0.6) is 0 Å². The number of anilines is 1. The molecule has 2 amide bonds. The fourth-order valence-electron chi connectivity index (χ4n) is 3.95. The average molecular weight is 417 g/mol. The van der Waals surface area contributed by atoms with Gasteiger partial charge in [-0.3, -0.25) is 9.59 Å². The van der Waals surface area contributed by atoms with Gasteiger partial charge in [0.2, 0.25) is 5.91 Å². The lowest BCUT2D eigenvalue weighted by Gasteiger charge is -2.18. The average Bonchev–Trinajstić information content (AvgIpc) is 3.28. The van der Waals surface area contributed by atoms with E-state index in [0.29, 0.717) is 21.3 Å². The summed E-state index contributed by atoms with van der Waals surface area (Å²) < 4.78 is 0. The molecule has 2 unspecified atom stereocenters. The van der Waals surface area contributed by atoms with E-state index in [9.17, 15) is 9.59 Å². The summed E-state index contributed by atoms with van der Waals surface area (Å²) in [5, 5.41) is 4.04. The van der Waals surface area contributed by atoms with Crippen molar-refractivity contribution in [1.29, 1.82) is 0 Å². The monoisotopic (exact) mass is 416 g/mol. The Kier molecular flexibility index (Phi) is 5.35. The van der Waals surface area contributed by atoms with Gasteiger partial charge in [0.15, 0.2) is 0 Å². The van der Waals surface area contributed by atoms with Crippen LogP contribution in [-0.2, 0) is 4.79 Å². The largest absolute Gasteiger partial charge is 0.339 e. The highest BCUT2D eigenvalue weighted by Crippen LogP contribution is 2.51. The Labute approximate surface area is 174 Å². The van der Waals surface area contributed by atoms with E-state index in [4.69, 9.17) is 23.2 Å². The SMILES string of the molecule is Cc1c(NC(=O)C2CC2c2cccc(Cl)c2Cl)cccc1C(=O)N1CCCC1. The highest BCUT2D eigenvalue weighted by Gasteiger charge is 2.45. The summed E-state index contributed by atoms with van der Waals surface area (Å²) in [4.78, 5) is 27.4. The second kappa shape index (κ2) is 7.76. The third kappa shape index (κ3) is 3.63. The standard InChI is InChI=1S/C22H22Cl2N2O2/c1-13-14(22(28)26-10-2-3-11-26)6-5-9-19(13)25-21(27)17-12-16(17)15-7-4-8-18(23)20(15)24/h4-9,16-17H,2-3,10-12H2,1H3,(H,25,27). The van der Waals surface area contributed by atoms with Crippen molar-refractivity contribution in [3.8, 4) is 0 Å². The minimum atomic E-state index is -0.131. The molecule has 2 aliphatic rings. The van der Waals surface area contributed by atoms with E-state index >= 15 is 0 Å². The van der Waals surface area contributed by atoms with Crippen LogP contribution in [0, 0.1) is 12.8 Å². The third-order valence-electron chi connectivity index (χ3n) is 5.72. The molecule has 2 atom stereocenters. The first-order valence-electron chi connectivity index (χ1n) is 9.61. The molecular weight excluding hydrogens is 395 g/mol. The summed E-state index contributed by atoms with van der Waals surface area (Å²) in [5.74, 6) is -0.0507. The van der Waals surface area contributed by atoms with E-state index in [1.54, 1.807) is 6.07 Å². The maximum absolute atomic E-state index is 12.8. The van der Waals surface area contributed by atoms with E-state index in [2.05, 4.69) is 5.32 Å². The van der Waals surface area contributed by atoms with Crippen LogP contribution in [0.25, 0.3) is 0 Å². The van der Waals surface area contributed by atoms with Gasteiger partial charge < -0.3 is 10.2 Å². The molecule has 146 valence electrons. The summed E-state index contributed by atoms with van der Waals surface area (Å²) in [5.41, 5.74) is 3.08. The van der Waals surface area contributed by atoms with Crippen molar-refractivity contribution < 1.29 is 9.59 Å². The Morgan fingerprint density at radius 1 is 1.07 bits per heavy atom. The van der Waals surface area contributed by atoms with Crippen LogP contribution in [0.3, 0.4) is 0 Å². The van der Waals surface area contributed by atoms with Crippen LogP contribution in [0.15, 0.2) is 36.4 Å². The molecule has 2 fully saturated rings. The highest BCUT2D eigenvalue weighted by atomic mass is 35.5. The molecule has 4 rings (SSSR count). The van der Waals surface area contributed by atoms with E-state index in [0.717, 1.165) is 43.5 Å². The van der Waals surface area contributed by atoms with Gasteiger partial charge in [-0.2, -0.15) is 0 Å². The molecule has 0 radical (unpaired) electrons. The molecule has 1 heterocycles. The number of nitrogens with one attached hydrogen (secondary N) is 1. The van der Waals surface area contributed by atoms with Gasteiger partial charge in [-0.25, -0.2) is 0 Å². The summed E-state index contributed by atoms with van der Waals surface area (Å²) >= 11 is 12.4. The van der Waals surface area contributed by atoms with E-state index < -0.39 is 0 Å². The van der Waals surface area contributed by atoms with E-state index in [1.165, 1.54) is 0 Å². The molecule has 0 aromatic heterocycles. The fraction of sp³-hybridized carbons (Fsp3) is 0.364. The molecule has 28 heavy (non-hydrogen) atoms. The van der Waals surface area contributed by atoms with Crippen LogP contribution < -0.4 is 5.32 Å². The number of hydrogen-bond acceptors (Lipinski definition) is 2. The first-order chi connectivity index (χ1) is 13.5. The lowest BCUT2D eigenvalue weighted by atomic mass is 10.0. The minimum absolute atomic E-state index is 0.0427. The van der Waals surface area contributed by atoms with Crippen LogP contribution in [0.4, 0.5) is 5.69 Å². The maximum Gasteiger partial charge on any atom is 0.254 e. The lowest BCUT2D eigenvalue weighted by molar-refractivity contribution is -0.117. The van der Waals surface area contributed by atoms with Gasteiger partial charge >= 0.3 is 0 Å². The van der Waals surface area contributed by atoms with Crippen molar-refractivity contribution in [1.82, 2.24) is 4.90 Å². The predicted octanol–water partition coefficient (Wildman–Crippen LogP) is 5.28. The van der Waals surface area contributed by atoms with Crippen LogP contribution in [0.1, 0.15) is 46.7 Å². The maximum atomic E-state index is 12.8. The van der Waals surface area contributed by atoms with Gasteiger partial charge in [0.25, 0.3) is 5.91 Å². The Morgan fingerprint density at radius 3 is 2.54 bits per heavy atom. The molecule has 1 aliphatic carbocycles. The second-order valence-corrected chi connectivity index (χ2v) is 8.34. The molecular formula is C22H22Cl2N2O2. The first-order valence-corrected chi connectivity index (χ1v) is 10.4. The number of benzene rings is 2. The number of amides is 2. The van der Waals surface area contributed by atoms with Gasteiger partial charge in [-0.1, -0.05) is 41.4 Å². The van der Waals surface area contributed by atoms with E-state index in [1.807, 2.05) is 42.2 Å². The van der Waals surface area contributed by atoms with Crippen LogP contribution >= 0.6 is 23.2 Å². The van der Waals surface area contributed by atoms with Crippen molar-refractivity contribution in [3.05, 3.63) is 63.1 Å². The Bertz CT molecular complexity index is 938. The van der Waals surface area contributed by atoms with Gasteiger partial charge in [0.05, 0.1) is 10.0 Å². The molecule has 2 aromatic carbocycles. The normalized spacial score (nSPS) is 20.9. The van der Waals surface area contributed by atoms with Gasteiger partial charge in [0.1, 0.15) is 0 Å². The Hall–Kier alpha value is -2.04. The smallest absolute Gasteiger partial charge is 0.254 e. The van der Waals surface area contributed by atoms with Crippen LogP contribution in [-0.4, -0.2) is 29.8 Å². The molecule has 6 heteroatoms. The quantitative estimate of drug-likeness (QED) is 0.736. The minimum Gasteiger partial charge on any atom is -0.339 e. The lowest BCUT2D eigenvalue weighted by Crippen LogP contribution is -2.28. The number of nitrogens with zero attached hydrogens (tertiary/aromatic N) is 1. The predicted molar refractivity (Wildman–Crippen MR) is 112 cm³/mol. The Morgan fingerprint density at radius 2 is 1.79 bits per heavy atom. The zero-order chi connectivity index (χ0) is 19.8. The summed E-state index contributed by atoms with van der Waals surface area (Å²) in [7, 11) is 0. The van der Waals surface area contributed by atoms with Crippen molar-refractivity contribution >= 4 is 40.7 Å². The summed E-state index contributed by atoms with van der Waals surface area (Å²) in [6.07, 6.45) is 2.85. The zero-order valence-corrected chi connectivity index (χ0v) is 17.2. The number of likely N-dealkylation sites (tertiary alicyclic amines) is 1. The molecule has 1 saturated heterocycles. The van der Waals surface area contributed by atoms with Gasteiger partial charge in [-0.05, 0) is 61.4 Å². The zero-order valence-electron chi connectivity index (χ0n) is 15.7. The number of carbonyl (C=O) groups excluding carboxylic acids is 2. The molecule has 1 saturated carbocycles.